The molecule has 4 rings (SSSR count). The summed E-state index contributed by atoms with van der Waals surface area (Å²) >= 11 is 4.70. The minimum atomic E-state index is -0.790. The van der Waals surface area contributed by atoms with Crippen LogP contribution in [-0.4, -0.2) is 23.2 Å². The summed E-state index contributed by atoms with van der Waals surface area (Å²) in [4.78, 5) is 31.6. The molecule has 3 aromatic rings. The average Bonchev–Trinajstić information content (AvgIpc) is 3.09. The predicted molar refractivity (Wildman–Crippen MR) is 137 cm³/mol. The Bertz CT molecular complexity index is 1490. The summed E-state index contributed by atoms with van der Waals surface area (Å²) in [7, 11) is 0. The standard InChI is InChI=1S/C26H24BrFN2O4S/c1-5-33-25(32)22-15(4)29-26-30(23(22)16-6-9-19(28)10-7-16)24(31)21(35-26)13-17-12-18(27)8-11-20(17)34-14(2)3/h6-14,23H,5H2,1-4H3/b21-13+/t23-/m0/s1. The highest BCUT2D eigenvalue weighted by Gasteiger charge is 2.33. The summed E-state index contributed by atoms with van der Waals surface area (Å²) in [5.74, 6) is -0.323. The molecule has 1 aromatic heterocycles. The van der Waals surface area contributed by atoms with Crippen molar-refractivity contribution in [3.05, 3.63) is 94.8 Å². The monoisotopic (exact) mass is 558 g/mol. The number of esters is 1. The topological polar surface area (TPSA) is 69.9 Å². The maximum atomic E-state index is 13.7. The first-order valence-electron chi connectivity index (χ1n) is 11.1. The Morgan fingerprint density at radius 3 is 2.63 bits per heavy atom. The van der Waals surface area contributed by atoms with Gasteiger partial charge in [0.2, 0.25) is 0 Å². The van der Waals surface area contributed by atoms with Crippen molar-refractivity contribution in [3.63, 3.8) is 0 Å². The number of rotatable bonds is 6. The Balaban J connectivity index is 1.95. The first kappa shape index (κ1) is 25.1. The van der Waals surface area contributed by atoms with Crippen molar-refractivity contribution in [3.8, 4) is 5.75 Å². The lowest BCUT2D eigenvalue weighted by atomic mass is 9.96. The first-order chi connectivity index (χ1) is 16.7. The lowest BCUT2D eigenvalue weighted by molar-refractivity contribution is -0.139. The van der Waals surface area contributed by atoms with Gasteiger partial charge in [-0.15, -0.1) is 0 Å². The van der Waals surface area contributed by atoms with Gasteiger partial charge in [0, 0.05) is 10.0 Å². The Kier molecular flexibility index (Phi) is 7.37. The molecule has 2 heterocycles. The van der Waals surface area contributed by atoms with Crippen molar-refractivity contribution >= 4 is 39.3 Å². The second-order valence-corrected chi connectivity index (χ2v) is 10.1. The molecule has 0 spiro atoms. The summed E-state index contributed by atoms with van der Waals surface area (Å²) in [5.41, 5.74) is 1.72. The minimum absolute atomic E-state index is 0.0437. The number of hydrogen-bond acceptors (Lipinski definition) is 6. The third-order valence-corrected chi connectivity index (χ3v) is 6.80. The molecule has 0 N–H and O–H groups in total. The Labute approximate surface area is 214 Å². The van der Waals surface area contributed by atoms with Gasteiger partial charge < -0.3 is 9.47 Å². The average molecular weight is 559 g/mol. The molecule has 0 saturated carbocycles. The maximum absolute atomic E-state index is 13.7. The number of carbonyl (C=O) groups is 1. The number of carbonyl (C=O) groups excluding carboxylic acids is 1. The zero-order chi connectivity index (χ0) is 25.3. The largest absolute Gasteiger partial charge is 0.490 e. The highest BCUT2D eigenvalue weighted by Crippen LogP contribution is 2.31. The van der Waals surface area contributed by atoms with Crippen LogP contribution in [0.2, 0.25) is 0 Å². The molecule has 1 atom stereocenters. The molecule has 9 heteroatoms. The fourth-order valence-corrected chi connectivity index (χ4v) is 5.30. The van der Waals surface area contributed by atoms with Crippen LogP contribution in [0, 0.1) is 5.82 Å². The van der Waals surface area contributed by atoms with Crippen molar-refractivity contribution < 1.29 is 18.7 Å². The molecule has 35 heavy (non-hydrogen) atoms. The molecule has 0 bridgehead atoms. The van der Waals surface area contributed by atoms with Gasteiger partial charge in [-0.3, -0.25) is 9.36 Å². The van der Waals surface area contributed by atoms with E-state index in [1.165, 1.54) is 28.0 Å². The molecule has 0 saturated heterocycles. The van der Waals surface area contributed by atoms with Crippen LogP contribution in [-0.2, 0) is 9.53 Å². The molecule has 0 amide bonds. The number of ether oxygens (including phenoxy) is 2. The normalized spacial score (nSPS) is 15.7. The van der Waals surface area contributed by atoms with Crippen molar-refractivity contribution in [2.24, 2.45) is 4.99 Å². The predicted octanol–water partition coefficient (Wildman–Crippen LogP) is 4.49. The molecule has 1 aliphatic rings. The van der Waals surface area contributed by atoms with E-state index >= 15 is 0 Å². The number of halogens is 2. The van der Waals surface area contributed by atoms with E-state index in [2.05, 4.69) is 20.9 Å². The first-order valence-corrected chi connectivity index (χ1v) is 12.7. The highest BCUT2D eigenvalue weighted by atomic mass is 79.9. The molecule has 0 aliphatic carbocycles. The zero-order valence-corrected chi connectivity index (χ0v) is 22.1. The number of nitrogens with zero attached hydrogens (tertiary/aromatic N) is 2. The summed E-state index contributed by atoms with van der Waals surface area (Å²) in [5, 5.41) is 0. The van der Waals surface area contributed by atoms with Crippen LogP contribution < -0.4 is 19.6 Å². The van der Waals surface area contributed by atoms with Crippen molar-refractivity contribution in [2.75, 3.05) is 6.61 Å². The van der Waals surface area contributed by atoms with Gasteiger partial charge in [-0.2, -0.15) is 0 Å². The van der Waals surface area contributed by atoms with Crippen molar-refractivity contribution in [2.45, 2.75) is 39.8 Å². The fraction of sp³-hybridized carbons (Fsp3) is 0.269. The smallest absolute Gasteiger partial charge is 0.338 e. The molecule has 0 radical (unpaired) electrons. The molecule has 1 aliphatic heterocycles. The molecule has 182 valence electrons. The number of allylic oxidation sites excluding steroid dienone is 1. The van der Waals surface area contributed by atoms with Crippen LogP contribution in [0.3, 0.4) is 0 Å². The van der Waals surface area contributed by atoms with Gasteiger partial charge in [-0.25, -0.2) is 14.2 Å². The Morgan fingerprint density at radius 2 is 1.97 bits per heavy atom. The summed E-state index contributed by atoms with van der Waals surface area (Å²) in [6.07, 6.45) is 1.72. The van der Waals surface area contributed by atoms with E-state index in [1.807, 2.05) is 32.0 Å². The zero-order valence-electron chi connectivity index (χ0n) is 19.7. The van der Waals surface area contributed by atoms with Gasteiger partial charge in [-0.1, -0.05) is 39.4 Å². The molecule has 0 unspecified atom stereocenters. The van der Waals surface area contributed by atoms with E-state index < -0.39 is 17.8 Å². The van der Waals surface area contributed by atoms with Crippen LogP contribution in [0.5, 0.6) is 5.75 Å². The van der Waals surface area contributed by atoms with E-state index in [-0.39, 0.29) is 23.8 Å². The second kappa shape index (κ2) is 10.3. The SMILES string of the molecule is CCOC(=O)C1=C(C)N=c2s/c(=C/c3cc(Br)ccc3OC(C)C)c(=O)n2[C@H]1c1ccc(F)cc1. The summed E-state index contributed by atoms with van der Waals surface area (Å²) < 4.78 is 27.6. The van der Waals surface area contributed by atoms with Crippen molar-refractivity contribution in [1.29, 1.82) is 0 Å². The van der Waals surface area contributed by atoms with Gasteiger partial charge in [0.1, 0.15) is 11.6 Å². The summed E-state index contributed by atoms with van der Waals surface area (Å²) in [6, 6.07) is 10.6. The summed E-state index contributed by atoms with van der Waals surface area (Å²) in [6.45, 7) is 7.47. The van der Waals surface area contributed by atoms with E-state index in [9.17, 15) is 14.0 Å². The van der Waals surface area contributed by atoms with Crippen LogP contribution >= 0.6 is 27.3 Å². The maximum Gasteiger partial charge on any atom is 0.338 e. The van der Waals surface area contributed by atoms with E-state index in [0.717, 1.165) is 10.0 Å². The van der Waals surface area contributed by atoms with E-state index in [4.69, 9.17) is 9.47 Å². The molecule has 6 nitrogen and oxygen atoms in total. The third-order valence-electron chi connectivity index (χ3n) is 5.32. The van der Waals surface area contributed by atoms with E-state index in [1.54, 1.807) is 32.1 Å². The molecule has 0 fully saturated rings. The lowest BCUT2D eigenvalue weighted by Gasteiger charge is -2.24. The molecular formula is C26H24BrFN2O4S. The van der Waals surface area contributed by atoms with Crippen molar-refractivity contribution in [1.82, 2.24) is 4.57 Å². The molecular weight excluding hydrogens is 535 g/mol. The number of benzene rings is 2. The van der Waals surface area contributed by atoms with Gasteiger partial charge >= 0.3 is 5.97 Å². The quantitative estimate of drug-likeness (QED) is 0.418. The Morgan fingerprint density at radius 1 is 1.26 bits per heavy atom. The van der Waals surface area contributed by atoms with Crippen LogP contribution in [0.25, 0.3) is 6.08 Å². The number of aromatic nitrogens is 1. The fourth-order valence-electron chi connectivity index (χ4n) is 3.89. The number of thiazole rings is 1. The molecule has 2 aromatic carbocycles. The lowest BCUT2D eigenvalue weighted by Crippen LogP contribution is -2.39. The van der Waals surface area contributed by atoms with Crippen LogP contribution in [0.4, 0.5) is 4.39 Å². The van der Waals surface area contributed by atoms with Gasteiger partial charge in [-0.05, 0) is 69.7 Å². The minimum Gasteiger partial charge on any atom is -0.490 e. The second-order valence-electron chi connectivity index (χ2n) is 8.20. The van der Waals surface area contributed by atoms with E-state index in [0.29, 0.717) is 26.3 Å². The third kappa shape index (κ3) is 5.16. The Hall–Kier alpha value is -3.04. The van der Waals surface area contributed by atoms with Gasteiger partial charge in [0.05, 0.1) is 34.6 Å². The van der Waals surface area contributed by atoms with Gasteiger partial charge in [0.15, 0.2) is 4.80 Å². The van der Waals surface area contributed by atoms with Gasteiger partial charge in [0.25, 0.3) is 5.56 Å². The highest BCUT2D eigenvalue weighted by molar-refractivity contribution is 9.10. The number of hydrogen-bond donors (Lipinski definition) is 0. The van der Waals surface area contributed by atoms with Crippen LogP contribution in [0.15, 0.2) is 68.0 Å². The number of fused-ring (bicyclic) bond motifs is 1. The van der Waals surface area contributed by atoms with Crippen LogP contribution in [0.1, 0.15) is 44.9 Å².